The summed E-state index contributed by atoms with van der Waals surface area (Å²) in [4.78, 5) is 10.1. The van der Waals surface area contributed by atoms with Crippen molar-refractivity contribution < 1.29 is 4.74 Å². The Bertz CT molecular complexity index is 563. The van der Waals surface area contributed by atoms with Gasteiger partial charge in [0, 0.05) is 47.2 Å². The van der Waals surface area contributed by atoms with Crippen LogP contribution < -0.4 is 10.6 Å². The van der Waals surface area contributed by atoms with Gasteiger partial charge in [-0.05, 0) is 38.2 Å². The normalized spacial score (nSPS) is 25.3. The molecule has 5 nitrogen and oxygen atoms in total. The minimum Gasteiger partial charge on any atom is -0.379 e. The molecule has 3 heterocycles. The Kier molecular flexibility index (Phi) is 7.04. The zero-order chi connectivity index (χ0) is 17.5. The summed E-state index contributed by atoms with van der Waals surface area (Å²) in [5.41, 5.74) is 0.240. The molecular weight excluding hydrogens is 352 g/mol. The van der Waals surface area contributed by atoms with Crippen LogP contribution in [0.2, 0.25) is 0 Å². The van der Waals surface area contributed by atoms with Gasteiger partial charge < -0.3 is 15.4 Å². The molecule has 0 radical (unpaired) electrons. The third-order valence-electron chi connectivity index (χ3n) is 4.88. The van der Waals surface area contributed by atoms with Crippen LogP contribution in [-0.4, -0.2) is 67.3 Å². The highest BCUT2D eigenvalue weighted by Gasteiger charge is 2.40. The molecule has 0 aliphatic carbocycles. The van der Waals surface area contributed by atoms with Gasteiger partial charge in [-0.15, -0.1) is 11.3 Å². The fourth-order valence-electron chi connectivity index (χ4n) is 3.45. The van der Waals surface area contributed by atoms with Crippen molar-refractivity contribution in [1.82, 2.24) is 15.5 Å². The summed E-state index contributed by atoms with van der Waals surface area (Å²) in [5.74, 6) is 3.38. The van der Waals surface area contributed by atoms with E-state index in [1.165, 1.54) is 27.7 Å². The number of ether oxygens (including phenoxy) is 1. The lowest BCUT2D eigenvalue weighted by atomic mass is 9.95. The summed E-state index contributed by atoms with van der Waals surface area (Å²) in [7, 11) is 0. The predicted octanol–water partition coefficient (Wildman–Crippen LogP) is 2.32. The minimum absolute atomic E-state index is 0.240. The predicted molar refractivity (Wildman–Crippen MR) is 109 cm³/mol. The summed E-state index contributed by atoms with van der Waals surface area (Å²) in [6.07, 6.45) is 1.24. The topological polar surface area (TPSA) is 48.9 Å². The molecule has 1 aromatic heterocycles. The van der Waals surface area contributed by atoms with Crippen molar-refractivity contribution in [1.29, 1.82) is 0 Å². The van der Waals surface area contributed by atoms with Crippen molar-refractivity contribution in [2.24, 2.45) is 4.99 Å². The molecule has 2 aliphatic rings. The Morgan fingerprint density at radius 2 is 2.16 bits per heavy atom. The number of hydrogen-bond acceptors (Lipinski definition) is 5. The molecule has 2 aliphatic heterocycles. The van der Waals surface area contributed by atoms with Crippen molar-refractivity contribution in [2.75, 3.05) is 50.9 Å². The van der Waals surface area contributed by atoms with Gasteiger partial charge in [0.25, 0.3) is 0 Å². The number of nitrogens with zero attached hydrogens (tertiary/aromatic N) is 2. The van der Waals surface area contributed by atoms with Crippen LogP contribution in [0.3, 0.4) is 0 Å². The van der Waals surface area contributed by atoms with Gasteiger partial charge in [0.2, 0.25) is 0 Å². The van der Waals surface area contributed by atoms with Crippen LogP contribution >= 0.6 is 23.1 Å². The highest BCUT2D eigenvalue weighted by molar-refractivity contribution is 7.99. The zero-order valence-electron chi connectivity index (χ0n) is 15.3. The minimum atomic E-state index is 0.240. The van der Waals surface area contributed by atoms with Gasteiger partial charge in [-0.2, -0.15) is 11.8 Å². The molecule has 0 amide bonds. The lowest BCUT2D eigenvalue weighted by Crippen LogP contribution is -2.60. The zero-order valence-corrected chi connectivity index (χ0v) is 17.0. The number of aryl methyl sites for hydroxylation is 1. The largest absolute Gasteiger partial charge is 0.379 e. The quantitative estimate of drug-likeness (QED) is 0.584. The third-order valence-corrected chi connectivity index (χ3v) is 7.10. The lowest BCUT2D eigenvalue weighted by molar-refractivity contribution is -0.0120. The average Bonchev–Trinajstić information content (AvgIpc) is 3.28. The molecule has 2 fully saturated rings. The van der Waals surface area contributed by atoms with Gasteiger partial charge in [0.15, 0.2) is 5.96 Å². The number of aliphatic imine (C=N–C) groups is 1. The molecule has 140 valence electrons. The first-order chi connectivity index (χ1) is 12.2. The molecule has 3 rings (SSSR count). The van der Waals surface area contributed by atoms with Crippen molar-refractivity contribution in [3.8, 4) is 0 Å². The van der Waals surface area contributed by atoms with Crippen LogP contribution in [0, 0.1) is 6.92 Å². The van der Waals surface area contributed by atoms with E-state index in [2.05, 4.69) is 53.3 Å². The molecule has 25 heavy (non-hydrogen) atoms. The molecule has 0 aromatic carbocycles. The van der Waals surface area contributed by atoms with Gasteiger partial charge in [0.1, 0.15) is 0 Å². The number of guanidine groups is 1. The maximum atomic E-state index is 5.55. The van der Waals surface area contributed by atoms with Crippen LogP contribution in [0.15, 0.2) is 17.1 Å². The molecule has 1 aromatic rings. The number of rotatable bonds is 6. The molecule has 0 bridgehead atoms. The van der Waals surface area contributed by atoms with E-state index < -0.39 is 0 Å². The SMILES string of the molecule is CCNC(=NCc1ccc(C)s1)NCC1(N2CCOCC2)CCSC1. The maximum absolute atomic E-state index is 5.55. The second-order valence-electron chi connectivity index (χ2n) is 6.69. The van der Waals surface area contributed by atoms with Crippen LogP contribution in [-0.2, 0) is 11.3 Å². The molecule has 2 saturated heterocycles. The van der Waals surface area contributed by atoms with Crippen LogP contribution in [0.5, 0.6) is 0 Å². The van der Waals surface area contributed by atoms with Crippen LogP contribution in [0.1, 0.15) is 23.1 Å². The second kappa shape index (κ2) is 9.26. The fourth-order valence-corrected chi connectivity index (χ4v) is 5.74. The molecule has 1 unspecified atom stereocenters. The monoisotopic (exact) mass is 382 g/mol. The van der Waals surface area contributed by atoms with Crippen molar-refractivity contribution in [2.45, 2.75) is 32.4 Å². The van der Waals surface area contributed by atoms with Gasteiger partial charge >= 0.3 is 0 Å². The van der Waals surface area contributed by atoms with Crippen LogP contribution in [0.25, 0.3) is 0 Å². The number of morpholine rings is 1. The Morgan fingerprint density at radius 3 is 2.80 bits per heavy atom. The lowest BCUT2D eigenvalue weighted by Gasteiger charge is -2.43. The van der Waals surface area contributed by atoms with E-state index in [-0.39, 0.29) is 5.54 Å². The number of hydrogen-bond donors (Lipinski definition) is 2. The average molecular weight is 383 g/mol. The summed E-state index contributed by atoms with van der Waals surface area (Å²) in [5, 5.41) is 7.02. The molecule has 0 spiro atoms. The number of nitrogens with one attached hydrogen (secondary N) is 2. The Labute approximate surface area is 159 Å². The van der Waals surface area contributed by atoms with Crippen molar-refractivity contribution >= 4 is 29.1 Å². The molecular formula is C18H30N4OS2. The standard InChI is InChI=1S/C18H30N4OS2/c1-3-19-17(20-12-16-5-4-15(2)25-16)21-13-18(6-11-24-14-18)22-7-9-23-10-8-22/h4-5H,3,6-14H2,1-2H3,(H2,19,20,21). The first-order valence-corrected chi connectivity index (χ1v) is 11.2. The first-order valence-electron chi connectivity index (χ1n) is 9.20. The third kappa shape index (κ3) is 5.12. The van der Waals surface area contributed by atoms with Crippen molar-refractivity contribution in [3.05, 3.63) is 21.9 Å². The molecule has 1 atom stereocenters. The van der Waals surface area contributed by atoms with Gasteiger partial charge in [0.05, 0.1) is 19.8 Å². The van der Waals surface area contributed by atoms with E-state index in [1.54, 1.807) is 0 Å². The van der Waals surface area contributed by atoms with Gasteiger partial charge in [-0.3, -0.25) is 4.90 Å². The van der Waals surface area contributed by atoms with E-state index in [0.717, 1.165) is 51.9 Å². The highest BCUT2D eigenvalue weighted by atomic mass is 32.2. The summed E-state index contributed by atoms with van der Waals surface area (Å²) >= 11 is 3.90. The highest BCUT2D eigenvalue weighted by Crippen LogP contribution is 2.33. The first kappa shape index (κ1) is 19.0. The molecule has 2 N–H and O–H groups in total. The Hall–Kier alpha value is -0.760. The number of thiophene rings is 1. The van der Waals surface area contributed by atoms with E-state index in [9.17, 15) is 0 Å². The Morgan fingerprint density at radius 1 is 1.32 bits per heavy atom. The van der Waals surface area contributed by atoms with E-state index in [0.29, 0.717) is 0 Å². The van der Waals surface area contributed by atoms with E-state index in [4.69, 9.17) is 9.73 Å². The second-order valence-corrected chi connectivity index (χ2v) is 9.17. The van der Waals surface area contributed by atoms with E-state index >= 15 is 0 Å². The van der Waals surface area contributed by atoms with Crippen molar-refractivity contribution in [3.63, 3.8) is 0 Å². The van der Waals surface area contributed by atoms with Gasteiger partial charge in [-0.1, -0.05) is 0 Å². The summed E-state index contributed by atoms with van der Waals surface area (Å²) in [6, 6.07) is 4.34. The summed E-state index contributed by atoms with van der Waals surface area (Å²) < 4.78 is 5.55. The van der Waals surface area contributed by atoms with Gasteiger partial charge in [-0.25, -0.2) is 4.99 Å². The summed E-state index contributed by atoms with van der Waals surface area (Å²) in [6.45, 7) is 10.7. The molecule has 0 saturated carbocycles. The van der Waals surface area contributed by atoms with E-state index in [1.807, 2.05) is 11.3 Å². The smallest absolute Gasteiger partial charge is 0.191 e. The number of thioether (sulfide) groups is 1. The van der Waals surface area contributed by atoms with Crippen LogP contribution in [0.4, 0.5) is 0 Å². The maximum Gasteiger partial charge on any atom is 0.191 e. The Balaban J connectivity index is 1.62. The molecule has 7 heteroatoms. The fraction of sp³-hybridized carbons (Fsp3) is 0.722.